The van der Waals surface area contributed by atoms with E-state index < -0.39 is 5.41 Å². The van der Waals surface area contributed by atoms with Crippen LogP contribution >= 0.6 is 11.6 Å². The van der Waals surface area contributed by atoms with Crippen LogP contribution in [0.2, 0.25) is 5.02 Å². The first kappa shape index (κ1) is 12.1. The van der Waals surface area contributed by atoms with Crippen molar-refractivity contribution >= 4 is 23.3 Å². The summed E-state index contributed by atoms with van der Waals surface area (Å²) in [5.41, 5.74) is 0.582. The number of halogens is 1. The normalized spacial score (nSPS) is 15.8. The number of rotatable bonds is 3. The van der Waals surface area contributed by atoms with Gasteiger partial charge in [-0.05, 0) is 36.6 Å². The van der Waals surface area contributed by atoms with Crippen LogP contribution in [-0.2, 0) is 10.2 Å². The molecule has 1 aliphatic carbocycles. The molecule has 1 aromatic carbocycles. The lowest BCUT2D eigenvalue weighted by Crippen LogP contribution is -2.28. The SMILES string of the molecule is O=C(Nc1ccncn1)C1(c2ccc(Cl)cc2)CC1. The van der Waals surface area contributed by atoms with Gasteiger partial charge in [0.25, 0.3) is 0 Å². The number of hydrogen-bond acceptors (Lipinski definition) is 3. The highest BCUT2D eigenvalue weighted by Gasteiger charge is 2.51. The zero-order valence-corrected chi connectivity index (χ0v) is 10.9. The van der Waals surface area contributed by atoms with Crippen LogP contribution in [0.15, 0.2) is 42.9 Å². The minimum Gasteiger partial charge on any atom is -0.310 e. The summed E-state index contributed by atoms with van der Waals surface area (Å²) < 4.78 is 0. The third-order valence-corrected chi connectivity index (χ3v) is 3.66. The molecule has 1 aromatic heterocycles. The number of anilines is 1. The van der Waals surface area contributed by atoms with Crippen molar-refractivity contribution < 1.29 is 4.79 Å². The maximum Gasteiger partial charge on any atom is 0.236 e. The average molecular weight is 274 g/mol. The van der Waals surface area contributed by atoms with E-state index in [2.05, 4.69) is 15.3 Å². The van der Waals surface area contributed by atoms with Crippen LogP contribution < -0.4 is 5.32 Å². The summed E-state index contributed by atoms with van der Waals surface area (Å²) in [5, 5.41) is 3.51. The molecule has 0 aliphatic heterocycles. The van der Waals surface area contributed by atoms with E-state index in [1.165, 1.54) is 6.33 Å². The molecule has 96 valence electrons. The van der Waals surface area contributed by atoms with Crippen LogP contribution in [-0.4, -0.2) is 15.9 Å². The van der Waals surface area contributed by atoms with E-state index in [0.29, 0.717) is 10.8 Å². The van der Waals surface area contributed by atoms with Gasteiger partial charge < -0.3 is 5.32 Å². The summed E-state index contributed by atoms with van der Waals surface area (Å²) in [6.45, 7) is 0. The first-order valence-electron chi connectivity index (χ1n) is 6.04. The van der Waals surface area contributed by atoms with E-state index in [0.717, 1.165) is 18.4 Å². The van der Waals surface area contributed by atoms with Crippen LogP contribution in [0, 0.1) is 0 Å². The number of aromatic nitrogens is 2. The lowest BCUT2D eigenvalue weighted by molar-refractivity contribution is -0.118. The average Bonchev–Trinajstić information content (AvgIpc) is 3.22. The largest absolute Gasteiger partial charge is 0.310 e. The summed E-state index contributed by atoms with van der Waals surface area (Å²) in [4.78, 5) is 20.2. The second kappa shape index (κ2) is 4.63. The molecule has 1 saturated carbocycles. The molecule has 1 heterocycles. The molecule has 1 fully saturated rings. The zero-order valence-electron chi connectivity index (χ0n) is 10.1. The van der Waals surface area contributed by atoms with E-state index in [-0.39, 0.29) is 5.91 Å². The Balaban J connectivity index is 1.81. The van der Waals surface area contributed by atoms with Crippen LogP contribution in [0.5, 0.6) is 0 Å². The monoisotopic (exact) mass is 273 g/mol. The maximum atomic E-state index is 12.4. The summed E-state index contributed by atoms with van der Waals surface area (Å²) in [5.74, 6) is 0.508. The Hall–Kier alpha value is -1.94. The molecular weight excluding hydrogens is 262 g/mol. The molecule has 4 nitrogen and oxygen atoms in total. The van der Waals surface area contributed by atoms with Crippen molar-refractivity contribution in [1.82, 2.24) is 9.97 Å². The quantitative estimate of drug-likeness (QED) is 0.936. The molecule has 1 aliphatic rings. The number of amides is 1. The Morgan fingerprint density at radius 2 is 1.95 bits per heavy atom. The van der Waals surface area contributed by atoms with Gasteiger partial charge in [0.2, 0.25) is 5.91 Å². The van der Waals surface area contributed by atoms with Gasteiger partial charge in [-0.1, -0.05) is 23.7 Å². The second-order valence-corrected chi connectivity index (χ2v) is 5.07. The first-order chi connectivity index (χ1) is 9.21. The number of hydrogen-bond donors (Lipinski definition) is 1. The van der Waals surface area contributed by atoms with Gasteiger partial charge in [-0.15, -0.1) is 0 Å². The molecule has 5 heteroatoms. The van der Waals surface area contributed by atoms with E-state index in [1.807, 2.05) is 24.3 Å². The maximum absolute atomic E-state index is 12.4. The Kier molecular flexibility index (Phi) is 2.95. The molecular formula is C14H12ClN3O. The first-order valence-corrected chi connectivity index (χ1v) is 6.42. The fourth-order valence-corrected chi connectivity index (χ4v) is 2.27. The molecule has 0 unspecified atom stereocenters. The molecule has 19 heavy (non-hydrogen) atoms. The van der Waals surface area contributed by atoms with Crippen molar-refractivity contribution in [2.24, 2.45) is 0 Å². The summed E-state index contributed by atoms with van der Waals surface area (Å²) in [6, 6.07) is 9.13. The number of nitrogens with one attached hydrogen (secondary N) is 1. The Labute approximate surface area is 115 Å². The van der Waals surface area contributed by atoms with Crippen LogP contribution in [0.25, 0.3) is 0 Å². The minimum atomic E-state index is -0.421. The molecule has 1 amide bonds. The lowest BCUT2D eigenvalue weighted by atomic mass is 9.95. The topological polar surface area (TPSA) is 54.9 Å². The predicted molar refractivity (Wildman–Crippen MR) is 73.0 cm³/mol. The van der Waals surface area contributed by atoms with Gasteiger partial charge in [0.15, 0.2) is 0 Å². The predicted octanol–water partition coefficient (Wildman–Crippen LogP) is 2.80. The smallest absolute Gasteiger partial charge is 0.236 e. The molecule has 1 N–H and O–H groups in total. The Morgan fingerprint density at radius 3 is 2.53 bits per heavy atom. The highest BCUT2D eigenvalue weighted by molar-refractivity contribution is 6.30. The Morgan fingerprint density at radius 1 is 1.21 bits per heavy atom. The molecule has 3 rings (SSSR count). The van der Waals surface area contributed by atoms with Gasteiger partial charge in [-0.3, -0.25) is 4.79 Å². The third kappa shape index (κ3) is 2.31. The van der Waals surface area contributed by atoms with Gasteiger partial charge in [0.05, 0.1) is 5.41 Å². The van der Waals surface area contributed by atoms with Crippen LogP contribution in [0.4, 0.5) is 5.82 Å². The molecule has 0 radical (unpaired) electrons. The molecule has 2 aromatic rings. The fourth-order valence-electron chi connectivity index (χ4n) is 2.14. The van der Waals surface area contributed by atoms with Gasteiger partial charge in [-0.25, -0.2) is 9.97 Å². The summed E-state index contributed by atoms with van der Waals surface area (Å²) in [7, 11) is 0. The summed E-state index contributed by atoms with van der Waals surface area (Å²) in [6.07, 6.45) is 4.72. The summed E-state index contributed by atoms with van der Waals surface area (Å²) >= 11 is 5.87. The van der Waals surface area contributed by atoms with Crippen molar-refractivity contribution in [3.8, 4) is 0 Å². The van der Waals surface area contributed by atoms with E-state index in [4.69, 9.17) is 11.6 Å². The van der Waals surface area contributed by atoms with E-state index >= 15 is 0 Å². The van der Waals surface area contributed by atoms with Gasteiger partial charge in [0, 0.05) is 11.2 Å². The van der Waals surface area contributed by atoms with Crippen molar-refractivity contribution in [3.05, 3.63) is 53.4 Å². The highest BCUT2D eigenvalue weighted by Crippen LogP contribution is 2.49. The molecule has 0 saturated heterocycles. The molecule has 0 atom stereocenters. The zero-order chi connectivity index (χ0) is 13.3. The molecule has 0 bridgehead atoms. The number of carbonyl (C=O) groups excluding carboxylic acids is 1. The second-order valence-electron chi connectivity index (χ2n) is 4.64. The molecule has 0 spiro atoms. The number of carbonyl (C=O) groups is 1. The van der Waals surface area contributed by atoms with Gasteiger partial charge >= 0.3 is 0 Å². The number of nitrogens with zero attached hydrogens (tertiary/aromatic N) is 2. The number of benzene rings is 1. The van der Waals surface area contributed by atoms with Gasteiger partial charge in [-0.2, -0.15) is 0 Å². The van der Waals surface area contributed by atoms with Gasteiger partial charge in [0.1, 0.15) is 12.1 Å². The fraction of sp³-hybridized carbons (Fsp3) is 0.214. The highest BCUT2D eigenvalue weighted by atomic mass is 35.5. The van der Waals surface area contributed by atoms with Crippen LogP contribution in [0.1, 0.15) is 18.4 Å². The van der Waals surface area contributed by atoms with Crippen molar-refractivity contribution in [2.75, 3.05) is 5.32 Å². The van der Waals surface area contributed by atoms with Crippen molar-refractivity contribution in [3.63, 3.8) is 0 Å². The van der Waals surface area contributed by atoms with Crippen molar-refractivity contribution in [1.29, 1.82) is 0 Å². The lowest BCUT2D eigenvalue weighted by Gasteiger charge is -2.15. The van der Waals surface area contributed by atoms with Crippen LogP contribution in [0.3, 0.4) is 0 Å². The third-order valence-electron chi connectivity index (χ3n) is 3.41. The van der Waals surface area contributed by atoms with Crippen molar-refractivity contribution in [2.45, 2.75) is 18.3 Å². The standard InChI is InChI=1S/C14H12ClN3O/c15-11-3-1-10(2-4-11)14(6-7-14)13(19)18-12-5-8-16-9-17-12/h1-5,8-9H,6-7H2,(H,16,17,18,19). The Bertz CT molecular complexity index is 594. The minimum absolute atomic E-state index is 0.0199. The van der Waals surface area contributed by atoms with E-state index in [1.54, 1.807) is 12.3 Å². The van der Waals surface area contributed by atoms with E-state index in [9.17, 15) is 4.79 Å².